The fourth-order valence-electron chi connectivity index (χ4n) is 4.30. The zero-order chi connectivity index (χ0) is 20.1. The zero-order valence-corrected chi connectivity index (χ0v) is 16.5. The molecule has 0 radical (unpaired) electrons. The molecular weight excluding hydrogens is 358 g/mol. The monoisotopic (exact) mass is 385 g/mol. The molecule has 1 aliphatic rings. The van der Waals surface area contributed by atoms with Crippen LogP contribution in [0.1, 0.15) is 23.1 Å². The van der Waals surface area contributed by atoms with Gasteiger partial charge in [0.15, 0.2) is 0 Å². The van der Waals surface area contributed by atoms with Gasteiger partial charge in [0.2, 0.25) is 5.91 Å². The number of rotatable bonds is 6. The van der Waals surface area contributed by atoms with Crippen LogP contribution >= 0.6 is 0 Å². The number of amides is 1. The average molecular weight is 386 g/mol. The molecule has 148 valence electrons. The Labute approximate surface area is 172 Å². The molecule has 4 rings (SSSR count). The first-order valence-electron chi connectivity index (χ1n) is 10.3. The number of likely N-dealkylation sites (tertiary alicyclic amines) is 1. The van der Waals surface area contributed by atoms with Crippen molar-refractivity contribution >= 4 is 5.91 Å². The predicted octanol–water partition coefficient (Wildman–Crippen LogP) is 4.25. The molecule has 0 bridgehead atoms. The molecule has 3 aromatic carbocycles. The van der Waals surface area contributed by atoms with Crippen LogP contribution < -0.4 is 0 Å². The van der Waals surface area contributed by atoms with Gasteiger partial charge in [-0.25, -0.2) is 0 Å². The maximum Gasteiger partial charge on any atom is 0.226 e. The molecule has 0 aromatic heterocycles. The van der Waals surface area contributed by atoms with E-state index in [9.17, 15) is 9.90 Å². The summed E-state index contributed by atoms with van der Waals surface area (Å²) in [6, 6.07) is 30.1. The lowest BCUT2D eigenvalue weighted by atomic mass is 9.83. The largest absolute Gasteiger partial charge is 0.391 e. The Balaban J connectivity index is 1.59. The number of piperidine rings is 1. The van der Waals surface area contributed by atoms with E-state index in [1.54, 1.807) is 0 Å². The Morgan fingerprint density at radius 3 is 1.76 bits per heavy atom. The summed E-state index contributed by atoms with van der Waals surface area (Å²) in [5.41, 5.74) is 3.37. The van der Waals surface area contributed by atoms with Crippen LogP contribution in [0.2, 0.25) is 0 Å². The number of benzene rings is 3. The molecule has 0 aliphatic carbocycles. The van der Waals surface area contributed by atoms with Gasteiger partial charge in [0.05, 0.1) is 12.1 Å². The Hall–Kier alpha value is -2.91. The maximum absolute atomic E-state index is 13.5. The average Bonchev–Trinajstić information content (AvgIpc) is 2.76. The van der Waals surface area contributed by atoms with Crippen molar-refractivity contribution in [2.75, 3.05) is 0 Å². The van der Waals surface area contributed by atoms with E-state index in [1.165, 1.54) is 0 Å². The third kappa shape index (κ3) is 4.75. The molecule has 0 saturated carbocycles. The first kappa shape index (κ1) is 19.4. The Bertz CT molecular complexity index is 911. The highest BCUT2D eigenvalue weighted by atomic mass is 16.3. The summed E-state index contributed by atoms with van der Waals surface area (Å²) in [7, 11) is 0. The second kappa shape index (κ2) is 9.06. The van der Waals surface area contributed by atoms with Gasteiger partial charge < -0.3 is 10.0 Å². The zero-order valence-electron chi connectivity index (χ0n) is 16.5. The highest BCUT2D eigenvalue weighted by Crippen LogP contribution is 2.30. The summed E-state index contributed by atoms with van der Waals surface area (Å²) in [6.45, 7) is 0.527. The molecule has 0 spiro atoms. The topological polar surface area (TPSA) is 40.5 Å². The van der Waals surface area contributed by atoms with Crippen molar-refractivity contribution in [1.82, 2.24) is 4.90 Å². The van der Waals surface area contributed by atoms with Gasteiger partial charge in [-0.3, -0.25) is 4.79 Å². The molecule has 1 amide bonds. The molecule has 1 N–H and O–H groups in total. The van der Waals surface area contributed by atoms with Gasteiger partial charge in [0, 0.05) is 12.5 Å². The van der Waals surface area contributed by atoms with Crippen molar-refractivity contribution in [3.8, 4) is 0 Å². The minimum Gasteiger partial charge on any atom is -0.391 e. The fourth-order valence-corrected chi connectivity index (χ4v) is 4.30. The van der Waals surface area contributed by atoms with Gasteiger partial charge in [0.25, 0.3) is 0 Å². The number of aliphatic hydroxyl groups excluding tert-OH is 1. The lowest BCUT2D eigenvalue weighted by Gasteiger charge is -2.43. The fraction of sp³-hybridized carbons (Fsp3) is 0.269. The van der Waals surface area contributed by atoms with Crippen LogP contribution in [-0.2, 0) is 24.2 Å². The SMILES string of the molecule is O=C1[C@H](Cc2ccccc2)C[C@@H](O)[C@H](Cc2ccccc2)N1Cc1ccccc1. The molecule has 1 fully saturated rings. The summed E-state index contributed by atoms with van der Waals surface area (Å²) in [5.74, 6) is -0.0490. The van der Waals surface area contributed by atoms with E-state index in [0.717, 1.165) is 16.7 Å². The Kier molecular flexibility index (Phi) is 6.06. The number of carbonyl (C=O) groups excluding carboxylic acids is 1. The van der Waals surface area contributed by atoms with Crippen LogP contribution in [-0.4, -0.2) is 28.1 Å². The van der Waals surface area contributed by atoms with E-state index in [2.05, 4.69) is 24.3 Å². The molecule has 3 atom stereocenters. The molecule has 1 aliphatic heterocycles. The molecule has 3 heteroatoms. The summed E-state index contributed by atoms with van der Waals surface area (Å²) >= 11 is 0. The second-order valence-electron chi connectivity index (χ2n) is 7.90. The molecule has 1 saturated heterocycles. The van der Waals surface area contributed by atoms with Crippen molar-refractivity contribution in [3.05, 3.63) is 108 Å². The van der Waals surface area contributed by atoms with E-state index in [1.807, 2.05) is 71.6 Å². The third-order valence-electron chi connectivity index (χ3n) is 5.81. The molecule has 0 unspecified atom stereocenters. The predicted molar refractivity (Wildman–Crippen MR) is 115 cm³/mol. The summed E-state index contributed by atoms with van der Waals surface area (Å²) in [5, 5.41) is 11.1. The Morgan fingerprint density at radius 2 is 1.21 bits per heavy atom. The number of carbonyl (C=O) groups is 1. The number of hydrogen-bond acceptors (Lipinski definition) is 2. The van der Waals surface area contributed by atoms with Crippen molar-refractivity contribution in [3.63, 3.8) is 0 Å². The normalized spacial score (nSPS) is 21.9. The summed E-state index contributed by atoms with van der Waals surface area (Å²) < 4.78 is 0. The lowest BCUT2D eigenvalue weighted by molar-refractivity contribution is -0.149. The van der Waals surface area contributed by atoms with E-state index in [-0.39, 0.29) is 17.9 Å². The van der Waals surface area contributed by atoms with Crippen LogP contribution in [0.25, 0.3) is 0 Å². The molecular formula is C26H27NO2. The van der Waals surface area contributed by atoms with E-state index >= 15 is 0 Å². The lowest BCUT2D eigenvalue weighted by Crippen LogP contribution is -2.55. The van der Waals surface area contributed by atoms with Gasteiger partial charge >= 0.3 is 0 Å². The number of aliphatic hydroxyl groups is 1. The van der Waals surface area contributed by atoms with E-state index in [4.69, 9.17) is 0 Å². The van der Waals surface area contributed by atoms with Crippen LogP contribution in [0.3, 0.4) is 0 Å². The van der Waals surface area contributed by atoms with Crippen molar-refractivity contribution in [2.24, 2.45) is 5.92 Å². The minimum absolute atomic E-state index is 0.143. The molecule has 29 heavy (non-hydrogen) atoms. The van der Waals surface area contributed by atoms with Crippen LogP contribution in [0.15, 0.2) is 91.0 Å². The number of nitrogens with zero attached hydrogens (tertiary/aromatic N) is 1. The van der Waals surface area contributed by atoms with Crippen molar-refractivity contribution in [2.45, 2.75) is 38.0 Å². The molecule has 3 nitrogen and oxygen atoms in total. The van der Waals surface area contributed by atoms with Crippen LogP contribution in [0, 0.1) is 5.92 Å². The molecule has 3 aromatic rings. The quantitative estimate of drug-likeness (QED) is 0.689. The van der Waals surface area contributed by atoms with Crippen LogP contribution in [0.5, 0.6) is 0 Å². The van der Waals surface area contributed by atoms with Crippen LogP contribution in [0.4, 0.5) is 0 Å². The van der Waals surface area contributed by atoms with Gasteiger partial charge in [-0.1, -0.05) is 91.0 Å². The molecule has 1 heterocycles. The van der Waals surface area contributed by atoms with E-state index < -0.39 is 6.10 Å². The standard InChI is InChI=1S/C26H27NO2/c28-25-18-23(16-20-10-4-1-5-11-20)26(29)27(19-22-14-8-3-9-15-22)24(25)17-21-12-6-2-7-13-21/h1-15,23-25,28H,16-19H2/t23-,24+,25-/m1/s1. The highest BCUT2D eigenvalue weighted by molar-refractivity contribution is 5.80. The van der Waals surface area contributed by atoms with Gasteiger partial charge in [-0.05, 0) is 36.0 Å². The minimum atomic E-state index is -0.537. The van der Waals surface area contributed by atoms with Gasteiger partial charge in [0.1, 0.15) is 0 Å². The smallest absolute Gasteiger partial charge is 0.226 e. The first-order chi connectivity index (χ1) is 14.2. The number of hydrogen-bond donors (Lipinski definition) is 1. The van der Waals surface area contributed by atoms with Gasteiger partial charge in [-0.15, -0.1) is 0 Å². The van der Waals surface area contributed by atoms with Crippen molar-refractivity contribution < 1.29 is 9.90 Å². The second-order valence-corrected chi connectivity index (χ2v) is 7.90. The van der Waals surface area contributed by atoms with Crippen molar-refractivity contribution in [1.29, 1.82) is 0 Å². The summed E-state index contributed by atoms with van der Waals surface area (Å²) in [4.78, 5) is 15.4. The van der Waals surface area contributed by atoms with Gasteiger partial charge in [-0.2, -0.15) is 0 Å². The third-order valence-corrected chi connectivity index (χ3v) is 5.81. The first-order valence-corrected chi connectivity index (χ1v) is 10.3. The van der Waals surface area contributed by atoms with E-state index in [0.29, 0.717) is 25.8 Å². The maximum atomic E-state index is 13.5. The highest BCUT2D eigenvalue weighted by Gasteiger charge is 2.40. The Morgan fingerprint density at radius 1 is 0.724 bits per heavy atom. The summed E-state index contributed by atoms with van der Waals surface area (Å²) in [6.07, 6.45) is 1.31.